The molecule has 3 unspecified atom stereocenters. The molecule has 0 aromatic heterocycles. The molecule has 2 aliphatic heterocycles. The average Bonchev–Trinajstić information content (AvgIpc) is 2.98. The summed E-state index contributed by atoms with van der Waals surface area (Å²) in [5, 5.41) is 9.38. The van der Waals surface area contributed by atoms with Gasteiger partial charge in [-0.3, -0.25) is 9.59 Å². The molecule has 3 atom stereocenters. The molecule has 1 aliphatic carbocycles. The van der Waals surface area contributed by atoms with E-state index >= 15 is 0 Å². The molecule has 0 spiro atoms. The molecular formula is C18H23N3O2. The quantitative estimate of drug-likeness (QED) is 0.785. The van der Waals surface area contributed by atoms with Crippen LogP contribution in [0.3, 0.4) is 0 Å². The van der Waals surface area contributed by atoms with E-state index in [1.54, 1.807) is 0 Å². The first kappa shape index (κ1) is 14.7. The van der Waals surface area contributed by atoms with Crippen molar-refractivity contribution in [2.75, 3.05) is 10.6 Å². The maximum absolute atomic E-state index is 12.5. The second-order valence-corrected chi connectivity index (χ2v) is 7.02. The second kappa shape index (κ2) is 5.96. The van der Waals surface area contributed by atoms with Crippen LogP contribution < -0.4 is 16.0 Å². The van der Waals surface area contributed by atoms with Gasteiger partial charge in [0.2, 0.25) is 11.8 Å². The summed E-state index contributed by atoms with van der Waals surface area (Å²) in [5.74, 6) is 0.742. The Hall–Kier alpha value is -1.88. The number of nitrogens with one attached hydrogen (secondary N) is 3. The van der Waals surface area contributed by atoms with Crippen LogP contribution in [0.4, 0.5) is 11.4 Å². The number of carbonyl (C=O) groups is 2. The Bertz CT molecular complexity index is 629. The SMILES string of the molecule is O=C1CCc2ccc(NC(=O)C3CC4CCCCC4N3)cc2N1. The zero-order chi connectivity index (χ0) is 15.8. The molecule has 3 N–H and O–H groups in total. The van der Waals surface area contributed by atoms with Crippen LogP contribution in [0.1, 0.15) is 44.1 Å². The lowest BCUT2D eigenvalue weighted by Crippen LogP contribution is -2.39. The van der Waals surface area contributed by atoms with Gasteiger partial charge in [0.1, 0.15) is 0 Å². The second-order valence-electron chi connectivity index (χ2n) is 7.02. The van der Waals surface area contributed by atoms with Crippen LogP contribution in [-0.2, 0) is 16.0 Å². The van der Waals surface area contributed by atoms with Gasteiger partial charge < -0.3 is 16.0 Å². The smallest absolute Gasteiger partial charge is 0.241 e. The van der Waals surface area contributed by atoms with E-state index in [2.05, 4.69) is 16.0 Å². The number of hydrogen-bond donors (Lipinski definition) is 3. The van der Waals surface area contributed by atoms with E-state index < -0.39 is 0 Å². The minimum Gasteiger partial charge on any atom is -0.326 e. The molecule has 2 amide bonds. The third-order valence-corrected chi connectivity index (χ3v) is 5.45. The van der Waals surface area contributed by atoms with Crippen molar-refractivity contribution in [3.8, 4) is 0 Å². The molecule has 1 aromatic carbocycles. The zero-order valence-corrected chi connectivity index (χ0v) is 13.2. The summed E-state index contributed by atoms with van der Waals surface area (Å²) in [5.41, 5.74) is 2.72. The number of aryl methyl sites for hydroxylation is 1. The fourth-order valence-corrected chi connectivity index (χ4v) is 4.20. The van der Waals surface area contributed by atoms with E-state index in [0.29, 0.717) is 18.4 Å². The minimum atomic E-state index is -0.0891. The normalized spacial score (nSPS) is 29.4. The Morgan fingerprint density at radius 3 is 2.91 bits per heavy atom. The van der Waals surface area contributed by atoms with Gasteiger partial charge in [-0.2, -0.15) is 0 Å². The lowest BCUT2D eigenvalue weighted by molar-refractivity contribution is -0.118. The topological polar surface area (TPSA) is 70.2 Å². The van der Waals surface area contributed by atoms with Crippen LogP contribution >= 0.6 is 0 Å². The molecule has 1 saturated heterocycles. The molecule has 1 aromatic rings. The molecule has 122 valence electrons. The van der Waals surface area contributed by atoms with Gasteiger partial charge in [0.25, 0.3) is 0 Å². The lowest BCUT2D eigenvalue weighted by atomic mass is 9.85. The summed E-state index contributed by atoms with van der Waals surface area (Å²) in [6, 6.07) is 6.21. The molecule has 1 saturated carbocycles. The van der Waals surface area contributed by atoms with Crippen molar-refractivity contribution in [2.24, 2.45) is 5.92 Å². The van der Waals surface area contributed by atoms with Crippen molar-refractivity contribution in [2.45, 2.75) is 57.0 Å². The first-order chi connectivity index (χ1) is 11.2. The summed E-state index contributed by atoms with van der Waals surface area (Å²) in [7, 11) is 0. The fraction of sp³-hybridized carbons (Fsp3) is 0.556. The van der Waals surface area contributed by atoms with Crippen LogP contribution in [0, 0.1) is 5.92 Å². The number of carbonyl (C=O) groups excluding carboxylic acids is 2. The molecule has 0 bridgehead atoms. The van der Waals surface area contributed by atoms with Crippen molar-refractivity contribution >= 4 is 23.2 Å². The van der Waals surface area contributed by atoms with E-state index in [0.717, 1.165) is 29.8 Å². The van der Waals surface area contributed by atoms with Gasteiger partial charge in [-0.1, -0.05) is 18.9 Å². The number of anilines is 2. The third-order valence-electron chi connectivity index (χ3n) is 5.45. The average molecular weight is 313 g/mol. The summed E-state index contributed by atoms with van der Waals surface area (Å²) in [6.07, 6.45) is 7.25. The minimum absolute atomic E-state index is 0.0430. The number of hydrogen-bond acceptors (Lipinski definition) is 3. The van der Waals surface area contributed by atoms with Gasteiger partial charge in [0.05, 0.1) is 6.04 Å². The van der Waals surface area contributed by atoms with Crippen LogP contribution in [0.2, 0.25) is 0 Å². The molecule has 2 heterocycles. The summed E-state index contributed by atoms with van der Waals surface area (Å²) in [6.45, 7) is 0. The molecule has 4 rings (SSSR count). The van der Waals surface area contributed by atoms with Crippen LogP contribution in [0.15, 0.2) is 18.2 Å². The van der Waals surface area contributed by atoms with E-state index in [-0.39, 0.29) is 17.9 Å². The number of rotatable bonds is 2. The van der Waals surface area contributed by atoms with Crippen molar-refractivity contribution in [3.63, 3.8) is 0 Å². The van der Waals surface area contributed by atoms with Gasteiger partial charge in [-0.25, -0.2) is 0 Å². The highest BCUT2D eigenvalue weighted by Crippen LogP contribution is 2.33. The van der Waals surface area contributed by atoms with E-state index in [1.807, 2.05) is 18.2 Å². The Kier molecular flexibility index (Phi) is 3.81. The zero-order valence-electron chi connectivity index (χ0n) is 13.2. The summed E-state index contributed by atoms with van der Waals surface area (Å²) >= 11 is 0. The number of fused-ring (bicyclic) bond motifs is 2. The van der Waals surface area contributed by atoms with Gasteiger partial charge in [-0.15, -0.1) is 0 Å². The highest BCUT2D eigenvalue weighted by atomic mass is 16.2. The third kappa shape index (κ3) is 2.98. The van der Waals surface area contributed by atoms with Crippen molar-refractivity contribution < 1.29 is 9.59 Å². The van der Waals surface area contributed by atoms with Crippen LogP contribution in [0.5, 0.6) is 0 Å². The molecule has 5 nitrogen and oxygen atoms in total. The van der Waals surface area contributed by atoms with Gasteiger partial charge in [-0.05, 0) is 49.3 Å². The predicted molar refractivity (Wildman–Crippen MR) is 89.3 cm³/mol. The number of amides is 2. The molecular weight excluding hydrogens is 290 g/mol. The maximum Gasteiger partial charge on any atom is 0.241 e. The lowest BCUT2D eigenvalue weighted by Gasteiger charge is -2.24. The van der Waals surface area contributed by atoms with Gasteiger partial charge >= 0.3 is 0 Å². The summed E-state index contributed by atoms with van der Waals surface area (Å²) < 4.78 is 0. The highest BCUT2D eigenvalue weighted by Gasteiger charge is 2.38. The Labute approximate surface area is 136 Å². The first-order valence-corrected chi connectivity index (χ1v) is 8.69. The largest absolute Gasteiger partial charge is 0.326 e. The monoisotopic (exact) mass is 313 g/mol. The fourth-order valence-electron chi connectivity index (χ4n) is 4.20. The first-order valence-electron chi connectivity index (χ1n) is 8.69. The molecule has 23 heavy (non-hydrogen) atoms. The van der Waals surface area contributed by atoms with Crippen LogP contribution in [-0.4, -0.2) is 23.9 Å². The van der Waals surface area contributed by atoms with E-state index in [1.165, 1.54) is 25.7 Å². The maximum atomic E-state index is 12.5. The van der Waals surface area contributed by atoms with Gasteiger partial charge in [0.15, 0.2) is 0 Å². The Morgan fingerprint density at radius 1 is 1.17 bits per heavy atom. The van der Waals surface area contributed by atoms with Gasteiger partial charge in [0, 0.05) is 23.8 Å². The van der Waals surface area contributed by atoms with Crippen molar-refractivity contribution in [1.29, 1.82) is 0 Å². The Balaban J connectivity index is 1.43. The Morgan fingerprint density at radius 2 is 2.04 bits per heavy atom. The van der Waals surface area contributed by atoms with Crippen LogP contribution in [0.25, 0.3) is 0 Å². The molecule has 2 fully saturated rings. The van der Waals surface area contributed by atoms with Crippen molar-refractivity contribution in [3.05, 3.63) is 23.8 Å². The number of benzene rings is 1. The highest BCUT2D eigenvalue weighted by molar-refractivity contribution is 5.98. The molecule has 5 heteroatoms. The van der Waals surface area contributed by atoms with E-state index in [4.69, 9.17) is 0 Å². The summed E-state index contributed by atoms with van der Waals surface area (Å²) in [4.78, 5) is 24.0. The van der Waals surface area contributed by atoms with Crippen molar-refractivity contribution in [1.82, 2.24) is 5.32 Å². The molecule has 0 radical (unpaired) electrons. The molecule has 3 aliphatic rings. The predicted octanol–water partition coefficient (Wildman–Crippen LogP) is 2.43. The van der Waals surface area contributed by atoms with E-state index in [9.17, 15) is 9.59 Å². The standard InChI is InChI=1S/C18H23N3O2/c22-17-8-6-11-5-7-13(10-15(11)21-17)19-18(23)16-9-12-3-1-2-4-14(12)20-16/h5,7,10,12,14,16,20H,1-4,6,8-9H2,(H,19,23)(H,21,22).